The average molecular weight is 248 g/mol. The van der Waals surface area contributed by atoms with E-state index in [2.05, 4.69) is 17.5 Å². The predicted octanol–water partition coefficient (Wildman–Crippen LogP) is 5.53. The molecular weight excluding hydrogens is 224 g/mol. The summed E-state index contributed by atoms with van der Waals surface area (Å²) < 4.78 is 0. The number of rotatable bonds is 2. The van der Waals surface area contributed by atoms with Gasteiger partial charge in [-0.25, -0.2) is 0 Å². The van der Waals surface area contributed by atoms with Gasteiger partial charge in [0.2, 0.25) is 0 Å². The van der Waals surface area contributed by atoms with E-state index in [1.54, 1.807) is 4.88 Å². The highest BCUT2D eigenvalue weighted by Gasteiger charge is 2.41. The molecule has 94 valence electrons. The summed E-state index contributed by atoms with van der Waals surface area (Å²) in [6.45, 7) is 0. The Morgan fingerprint density at radius 3 is 2.29 bits per heavy atom. The second-order valence-electron chi connectivity index (χ2n) is 6.03. The molecule has 0 N–H and O–H groups in total. The first kappa shape index (κ1) is 11.8. The maximum Gasteiger partial charge on any atom is 0.0110 e. The normalized spacial score (nSPS) is 25.9. The third-order valence-corrected chi connectivity index (χ3v) is 6.23. The predicted molar refractivity (Wildman–Crippen MR) is 75.7 cm³/mol. The molecule has 1 aromatic heterocycles. The lowest BCUT2D eigenvalue weighted by atomic mass is 9.61. The van der Waals surface area contributed by atoms with Crippen LogP contribution in [0, 0.1) is 5.92 Å². The first-order valence-corrected chi connectivity index (χ1v) is 8.34. The van der Waals surface area contributed by atoms with Crippen molar-refractivity contribution in [3.8, 4) is 0 Å². The molecule has 0 spiro atoms. The fraction of sp³-hybridized carbons (Fsp3) is 0.750. The van der Waals surface area contributed by atoms with Gasteiger partial charge in [0.25, 0.3) is 0 Å². The molecule has 1 aromatic rings. The second-order valence-corrected chi connectivity index (χ2v) is 6.98. The van der Waals surface area contributed by atoms with Crippen molar-refractivity contribution in [3.63, 3.8) is 0 Å². The summed E-state index contributed by atoms with van der Waals surface area (Å²) in [5, 5.41) is 2.29. The lowest BCUT2D eigenvalue weighted by molar-refractivity contribution is 0.152. The van der Waals surface area contributed by atoms with Crippen LogP contribution in [0.4, 0.5) is 0 Å². The minimum atomic E-state index is 0.590. The monoisotopic (exact) mass is 248 g/mol. The molecule has 0 bridgehead atoms. The van der Waals surface area contributed by atoms with E-state index >= 15 is 0 Å². The molecule has 2 fully saturated rings. The summed E-state index contributed by atoms with van der Waals surface area (Å²) in [4.78, 5) is 1.71. The maximum atomic E-state index is 2.42. The van der Waals surface area contributed by atoms with Crippen molar-refractivity contribution in [2.24, 2.45) is 5.92 Å². The fourth-order valence-electron chi connectivity index (χ4n) is 4.26. The average Bonchev–Trinajstić information content (AvgIpc) is 2.95. The Kier molecular flexibility index (Phi) is 3.56. The van der Waals surface area contributed by atoms with Gasteiger partial charge in [-0.2, -0.15) is 0 Å². The van der Waals surface area contributed by atoms with Crippen LogP contribution < -0.4 is 0 Å². The highest BCUT2D eigenvalue weighted by atomic mass is 32.1. The molecule has 0 aliphatic heterocycles. The molecule has 17 heavy (non-hydrogen) atoms. The van der Waals surface area contributed by atoms with Crippen LogP contribution in [0.3, 0.4) is 0 Å². The van der Waals surface area contributed by atoms with Gasteiger partial charge in [-0.3, -0.25) is 0 Å². The van der Waals surface area contributed by atoms with Crippen molar-refractivity contribution in [2.75, 3.05) is 0 Å². The van der Waals surface area contributed by atoms with Gasteiger partial charge in [0.05, 0.1) is 0 Å². The molecular formula is C16H24S. The molecule has 1 heteroatoms. The molecule has 0 nitrogen and oxygen atoms in total. The second kappa shape index (κ2) is 5.14. The summed E-state index contributed by atoms with van der Waals surface area (Å²) in [7, 11) is 0. The Bertz CT molecular complexity index is 326. The minimum Gasteiger partial charge on any atom is -0.148 e. The van der Waals surface area contributed by atoms with Crippen LogP contribution in [-0.4, -0.2) is 0 Å². The van der Waals surface area contributed by atoms with Crippen molar-refractivity contribution in [1.82, 2.24) is 0 Å². The van der Waals surface area contributed by atoms with E-state index in [-0.39, 0.29) is 0 Å². The lowest BCUT2D eigenvalue weighted by Gasteiger charge is -2.45. The summed E-state index contributed by atoms with van der Waals surface area (Å²) in [6.07, 6.45) is 14.8. The highest BCUT2D eigenvalue weighted by Crippen LogP contribution is 2.51. The Hall–Kier alpha value is -0.300. The van der Waals surface area contributed by atoms with Crippen LogP contribution in [-0.2, 0) is 5.41 Å². The van der Waals surface area contributed by atoms with Crippen LogP contribution in [0.2, 0.25) is 0 Å². The van der Waals surface area contributed by atoms with E-state index in [0.717, 1.165) is 5.92 Å². The van der Waals surface area contributed by atoms with E-state index in [9.17, 15) is 0 Å². The van der Waals surface area contributed by atoms with Gasteiger partial charge in [-0.05, 0) is 43.0 Å². The number of thiophene rings is 1. The summed E-state index contributed by atoms with van der Waals surface area (Å²) >= 11 is 2.02. The molecule has 2 aliphatic rings. The highest BCUT2D eigenvalue weighted by molar-refractivity contribution is 7.10. The van der Waals surface area contributed by atoms with Gasteiger partial charge in [-0.1, -0.05) is 44.6 Å². The third kappa shape index (κ3) is 2.19. The van der Waals surface area contributed by atoms with Gasteiger partial charge < -0.3 is 0 Å². The molecule has 0 aromatic carbocycles. The molecule has 0 saturated heterocycles. The molecule has 0 radical (unpaired) electrons. The summed E-state index contributed by atoms with van der Waals surface area (Å²) in [5.74, 6) is 0.996. The van der Waals surface area contributed by atoms with Crippen LogP contribution in [0.1, 0.15) is 69.1 Å². The van der Waals surface area contributed by atoms with Crippen LogP contribution in [0.15, 0.2) is 17.5 Å². The van der Waals surface area contributed by atoms with Crippen molar-refractivity contribution in [1.29, 1.82) is 0 Å². The third-order valence-electron chi connectivity index (χ3n) is 5.14. The Morgan fingerprint density at radius 1 is 0.941 bits per heavy atom. The van der Waals surface area contributed by atoms with E-state index in [1.807, 2.05) is 11.3 Å². The van der Waals surface area contributed by atoms with Gasteiger partial charge in [0, 0.05) is 10.3 Å². The van der Waals surface area contributed by atoms with Gasteiger partial charge in [0.1, 0.15) is 0 Å². The minimum absolute atomic E-state index is 0.590. The van der Waals surface area contributed by atoms with Crippen LogP contribution in [0.25, 0.3) is 0 Å². The topological polar surface area (TPSA) is 0 Å². The maximum absolute atomic E-state index is 2.42. The SMILES string of the molecule is c1csc(C2(C3CCCCC3)CCCCC2)c1. The number of hydrogen-bond donors (Lipinski definition) is 0. The number of hydrogen-bond acceptors (Lipinski definition) is 1. The van der Waals surface area contributed by atoms with E-state index < -0.39 is 0 Å². The van der Waals surface area contributed by atoms with Crippen molar-refractivity contribution >= 4 is 11.3 Å². The van der Waals surface area contributed by atoms with Crippen LogP contribution >= 0.6 is 11.3 Å². The zero-order chi connectivity index (χ0) is 11.6. The molecule has 3 rings (SSSR count). The lowest BCUT2D eigenvalue weighted by Crippen LogP contribution is -2.37. The molecule has 2 saturated carbocycles. The van der Waals surface area contributed by atoms with Crippen LogP contribution in [0.5, 0.6) is 0 Å². The first-order valence-electron chi connectivity index (χ1n) is 7.46. The van der Waals surface area contributed by atoms with E-state index in [4.69, 9.17) is 0 Å². The first-order chi connectivity index (χ1) is 8.42. The molecule has 2 aliphatic carbocycles. The quantitative estimate of drug-likeness (QED) is 0.645. The zero-order valence-corrected chi connectivity index (χ0v) is 11.6. The Morgan fingerprint density at radius 2 is 1.65 bits per heavy atom. The van der Waals surface area contributed by atoms with Crippen molar-refractivity contribution in [3.05, 3.63) is 22.4 Å². The largest absolute Gasteiger partial charge is 0.148 e. The molecule has 1 heterocycles. The summed E-state index contributed by atoms with van der Waals surface area (Å²) in [5.41, 5.74) is 0.590. The Balaban J connectivity index is 1.89. The van der Waals surface area contributed by atoms with Gasteiger partial charge in [0.15, 0.2) is 0 Å². The van der Waals surface area contributed by atoms with Crippen molar-refractivity contribution < 1.29 is 0 Å². The van der Waals surface area contributed by atoms with Gasteiger partial charge >= 0.3 is 0 Å². The molecule has 0 amide bonds. The van der Waals surface area contributed by atoms with E-state index in [0.29, 0.717) is 5.41 Å². The molecule has 0 unspecified atom stereocenters. The van der Waals surface area contributed by atoms with Gasteiger partial charge in [-0.15, -0.1) is 11.3 Å². The summed E-state index contributed by atoms with van der Waals surface area (Å²) in [6, 6.07) is 4.68. The standard InChI is InChI=1S/C16H24S/c1-3-8-14(9-4-1)16(11-5-2-6-12-16)15-10-7-13-17-15/h7,10,13-14H,1-6,8-9,11-12H2. The zero-order valence-electron chi connectivity index (χ0n) is 10.8. The smallest absolute Gasteiger partial charge is 0.0110 e. The van der Waals surface area contributed by atoms with Crippen molar-refractivity contribution in [2.45, 2.75) is 69.6 Å². The van der Waals surface area contributed by atoms with E-state index in [1.165, 1.54) is 64.2 Å². The fourth-order valence-corrected chi connectivity index (χ4v) is 5.32. The Labute approximate surface area is 109 Å². The molecule has 0 atom stereocenters.